The van der Waals surface area contributed by atoms with E-state index in [0.717, 1.165) is 17.5 Å². The van der Waals surface area contributed by atoms with Crippen molar-refractivity contribution in [3.05, 3.63) is 29.6 Å². The van der Waals surface area contributed by atoms with Crippen LogP contribution in [-0.2, 0) is 0 Å². The lowest BCUT2D eigenvalue weighted by Crippen LogP contribution is -2.30. The van der Waals surface area contributed by atoms with E-state index in [2.05, 4.69) is 31.8 Å². The van der Waals surface area contributed by atoms with Crippen LogP contribution >= 0.6 is 0 Å². The Morgan fingerprint density at radius 2 is 2.06 bits per heavy atom. The van der Waals surface area contributed by atoms with Crippen LogP contribution in [0.25, 0.3) is 0 Å². The molecule has 1 aliphatic rings. The Bertz CT molecular complexity index is 375. The number of aryl methyl sites for hydroxylation is 1. The molecule has 0 aromatic carbocycles. The van der Waals surface area contributed by atoms with Gasteiger partial charge < -0.3 is 5.73 Å². The highest BCUT2D eigenvalue weighted by atomic mass is 14.8. The Labute approximate surface area is 105 Å². The SMILES string of the molecule is Cc1cccnc1C(N)C1CCC(C)C(C)C1. The maximum Gasteiger partial charge on any atom is 0.0602 e. The minimum Gasteiger partial charge on any atom is -0.322 e. The van der Waals surface area contributed by atoms with Gasteiger partial charge in [0.05, 0.1) is 11.7 Å². The Hall–Kier alpha value is -0.890. The van der Waals surface area contributed by atoms with Gasteiger partial charge in [-0.3, -0.25) is 4.98 Å². The maximum atomic E-state index is 6.42. The molecule has 2 rings (SSSR count). The molecule has 0 aliphatic heterocycles. The van der Waals surface area contributed by atoms with Gasteiger partial charge in [-0.2, -0.15) is 0 Å². The molecule has 1 fully saturated rings. The molecule has 0 bridgehead atoms. The van der Waals surface area contributed by atoms with E-state index in [1.807, 2.05) is 12.3 Å². The first-order valence-corrected chi connectivity index (χ1v) is 6.76. The summed E-state index contributed by atoms with van der Waals surface area (Å²) in [6.07, 6.45) is 5.67. The lowest BCUT2D eigenvalue weighted by Gasteiger charge is -2.35. The molecule has 4 atom stereocenters. The number of nitrogens with two attached hydrogens (primary N) is 1. The van der Waals surface area contributed by atoms with E-state index in [4.69, 9.17) is 5.73 Å². The van der Waals surface area contributed by atoms with Crippen LogP contribution in [0.4, 0.5) is 0 Å². The normalized spacial score (nSPS) is 31.2. The Kier molecular flexibility index (Phi) is 3.82. The number of nitrogens with zero attached hydrogens (tertiary/aromatic N) is 1. The minimum atomic E-state index is 0.117. The standard InChI is InChI=1S/C15H24N2/c1-10-6-7-13(9-12(10)3)14(16)15-11(2)5-4-8-17-15/h4-5,8,10,12-14H,6-7,9,16H2,1-3H3. The lowest BCUT2D eigenvalue weighted by molar-refractivity contribution is 0.184. The summed E-state index contributed by atoms with van der Waals surface area (Å²) in [7, 11) is 0. The van der Waals surface area contributed by atoms with Crippen molar-refractivity contribution in [1.29, 1.82) is 0 Å². The second kappa shape index (κ2) is 5.18. The van der Waals surface area contributed by atoms with Gasteiger partial charge in [-0.1, -0.05) is 26.3 Å². The van der Waals surface area contributed by atoms with Gasteiger partial charge in [-0.05, 0) is 49.1 Å². The van der Waals surface area contributed by atoms with Gasteiger partial charge in [0, 0.05) is 6.20 Å². The molecule has 17 heavy (non-hydrogen) atoms. The van der Waals surface area contributed by atoms with E-state index in [1.54, 1.807) is 0 Å². The summed E-state index contributed by atoms with van der Waals surface area (Å²) in [5.74, 6) is 2.25. The molecule has 4 unspecified atom stereocenters. The average Bonchev–Trinajstić information content (AvgIpc) is 2.32. The molecular formula is C15H24N2. The van der Waals surface area contributed by atoms with Crippen LogP contribution in [0.5, 0.6) is 0 Å². The fourth-order valence-corrected chi connectivity index (χ4v) is 2.99. The second-order valence-electron chi connectivity index (χ2n) is 5.76. The smallest absolute Gasteiger partial charge is 0.0602 e. The number of hydrogen-bond donors (Lipinski definition) is 1. The van der Waals surface area contributed by atoms with E-state index in [0.29, 0.717) is 5.92 Å². The van der Waals surface area contributed by atoms with Crippen LogP contribution in [0, 0.1) is 24.7 Å². The molecule has 1 saturated carbocycles. The monoisotopic (exact) mass is 232 g/mol. The highest BCUT2D eigenvalue weighted by Gasteiger charge is 2.30. The van der Waals surface area contributed by atoms with Crippen molar-refractivity contribution in [3.8, 4) is 0 Å². The van der Waals surface area contributed by atoms with Crippen LogP contribution in [0.1, 0.15) is 50.4 Å². The molecule has 1 heterocycles. The summed E-state index contributed by atoms with van der Waals surface area (Å²) in [5, 5.41) is 0. The van der Waals surface area contributed by atoms with E-state index in [9.17, 15) is 0 Å². The van der Waals surface area contributed by atoms with Crippen molar-refractivity contribution in [2.24, 2.45) is 23.5 Å². The maximum absolute atomic E-state index is 6.42. The fraction of sp³-hybridized carbons (Fsp3) is 0.667. The van der Waals surface area contributed by atoms with Crippen molar-refractivity contribution in [3.63, 3.8) is 0 Å². The summed E-state index contributed by atoms with van der Waals surface area (Å²) in [6, 6.07) is 4.21. The van der Waals surface area contributed by atoms with Crippen molar-refractivity contribution >= 4 is 0 Å². The van der Waals surface area contributed by atoms with E-state index in [-0.39, 0.29) is 6.04 Å². The van der Waals surface area contributed by atoms with Crippen LogP contribution in [0.2, 0.25) is 0 Å². The van der Waals surface area contributed by atoms with Gasteiger partial charge in [-0.25, -0.2) is 0 Å². The first-order chi connectivity index (χ1) is 8.09. The molecule has 2 nitrogen and oxygen atoms in total. The minimum absolute atomic E-state index is 0.117. The first-order valence-electron chi connectivity index (χ1n) is 6.76. The van der Waals surface area contributed by atoms with Gasteiger partial charge >= 0.3 is 0 Å². The third kappa shape index (κ3) is 2.68. The zero-order valence-electron chi connectivity index (χ0n) is 11.2. The predicted octanol–water partition coefficient (Wildman–Crippen LogP) is 3.46. The van der Waals surface area contributed by atoms with Gasteiger partial charge in [-0.15, -0.1) is 0 Å². The predicted molar refractivity (Wildman–Crippen MR) is 71.6 cm³/mol. The van der Waals surface area contributed by atoms with Crippen LogP contribution in [0.15, 0.2) is 18.3 Å². The van der Waals surface area contributed by atoms with Crippen LogP contribution < -0.4 is 5.73 Å². The molecule has 1 aromatic heterocycles. The third-order valence-corrected chi connectivity index (χ3v) is 4.51. The summed E-state index contributed by atoms with van der Waals surface area (Å²) < 4.78 is 0. The zero-order chi connectivity index (χ0) is 12.4. The second-order valence-corrected chi connectivity index (χ2v) is 5.76. The molecule has 0 saturated heterocycles. The van der Waals surface area contributed by atoms with Crippen LogP contribution in [0.3, 0.4) is 0 Å². The van der Waals surface area contributed by atoms with Gasteiger partial charge in [0.25, 0.3) is 0 Å². The topological polar surface area (TPSA) is 38.9 Å². The largest absolute Gasteiger partial charge is 0.322 e. The number of hydrogen-bond acceptors (Lipinski definition) is 2. The highest BCUT2D eigenvalue weighted by molar-refractivity contribution is 5.21. The summed E-state index contributed by atoms with van der Waals surface area (Å²) >= 11 is 0. The molecule has 94 valence electrons. The molecule has 2 N–H and O–H groups in total. The van der Waals surface area contributed by atoms with E-state index < -0.39 is 0 Å². The van der Waals surface area contributed by atoms with Crippen molar-refractivity contribution in [1.82, 2.24) is 4.98 Å². The van der Waals surface area contributed by atoms with Crippen molar-refractivity contribution < 1.29 is 0 Å². The highest BCUT2D eigenvalue weighted by Crippen LogP contribution is 2.38. The fourth-order valence-electron chi connectivity index (χ4n) is 2.99. The summed E-state index contributed by atoms with van der Waals surface area (Å²) in [6.45, 7) is 6.82. The lowest BCUT2D eigenvalue weighted by atomic mass is 9.72. The number of rotatable bonds is 2. The average molecular weight is 232 g/mol. The summed E-state index contributed by atoms with van der Waals surface area (Å²) in [4.78, 5) is 4.47. The number of pyridine rings is 1. The quantitative estimate of drug-likeness (QED) is 0.848. The third-order valence-electron chi connectivity index (χ3n) is 4.51. The number of aromatic nitrogens is 1. The molecule has 1 aliphatic carbocycles. The van der Waals surface area contributed by atoms with Gasteiger partial charge in [0.15, 0.2) is 0 Å². The molecule has 0 spiro atoms. The van der Waals surface area contributed by atoms with Gasteiger partial charge in [0.2, 0.25) is 0 Å². The molecule has 1 aromatic rings. The molecule has 2 heteroatoms. The first kappa shape index (κ1) is 12.6. The van der Waals surface area contributed by atoms with Gasteiger partial charge in [0.1, 0.15) is 0 Å². The van der Waals surface area contributed by atoms with E-state index in [1.165, 1.54) is 24.8 Å². The molecule has 0 radical (unpaired) electrons. The Morgan fingerprint density at radius 1 is 1.29 bits per heavy atom. The molecule has 0 amide bonds. The van der Waals surface area contributed by atoms with Crippen molar-refractivity contribution in [2.75, 3.05) is 0 Å². The van der Waals surface area contributed by atoms with Crippen molar-refractivity contribution in [2.45, 2.75) is 46.1 Å². The molecular weight excluding hydrogens is 208 g/mol. The Balaban J connectivity index is 2.10. The van der Waals surface area contributed by atoms with Crippen LogP contribution in [-0.4, -0.2) is 4.98 Å². The summed E-state index contributed by atoms with van der Waals surface area (Å²) in [5.41, 5.74) is 8.74. The van der Waals surface area contributed by atoms with E-state index >= 15 is 0 Å². The zero-order valence-corrected chi connectivity index (χ0v) is 11.2. The Morgan fingerprint density at radius 3 is 2.71 bits per heavy atom.